The van der Waals surface area contributed by atoms with Crippen molar-refractivity contribution >= 4 is 5.97 Å². The molecule has 96 valence electrons. The Labute approximate surface area is 97.8 Å². The van der Waals surface area contributed by atoms with E-state index in [0.29, 0.717) is 6.54 Å². The fourth-order valence-electron chi connectivity index (χ4n) is 1.11. The van der Waals surface area contributed by atoms with Crippen molar-refractivity contribution < 1.29 is 14.6 Å². The average Bonchev–Trinajstić information content (AvgIpc) is 2.21. The summed E-state index contributed by atoms with van der Waals surface area (Å²) < 4.78 is 4.96. The Morgan fingerprint density at radius 1 is 1.44 bits per heavy atom. The molecular weight excluding hydrogens is 208 g/mol. The van der Waals surface area contributed by atoms with Gasteiger partial charge < -0.3 is 20.1 Å². The van der Waals surface area contributed by atoms with Gasteiger partial charge in [0.25, 0.3) is 0 Å². The summed E-state index contributed by atoms with van der Waals surface area (Å²) in [6, 6.07) is 0. The van der Waals surface area contributed by atoms with E-state index in [4.69, 9.17) is 9.84 Å². The predicted molar refractivity (Wildman–Crippen MR) is 63.7 cm³/mol. The van der Waals surface area contributed by atoms with Gasteiger partial charge >= 0.3 is 5.97 Å². The minimum absolute atomic E-state index is 0.487. The van der Waals surface area contributed by atoms with Crippen LogP contribution in [0.1, 0.15) is 13.8 Å². The fourth-order valence-corrected chi connectivity index (χ4v) is 1.11. The molecule has 0 saturated carbocycles. The number of rotatable bonds is 9. The molecule has 0 radical (unpaired) electrons. The van der Waals surface area contributed by atoms with E-state index in [0.717, 1.165) is 26.2 Å². The van der Waals surface area contributed by atoms with Crippen molar-refractivity contribution in [2.45, 2.75) is 13.8 Å². The number of likely N-dealkylation sites (N-methyl/N-ethyl adjacent to an activating group) is 1. The minimum Gasteiger partial charge on any atom is -0.481 e. The van der Waals surface area contributed by atoms with E-state index >= 15 is 0 Å². The van der Waals surface area contributed by atoms with Gasteiger partial charge in [-0.3, -0.25) is 4.79 Å². The number of carboxylic acid groups (broad SMARTS) is 1. The zero-order chi connectivity index (χ0) is 12.6. The molecule has 16 heavy (non-hydrogen) atoms. The maximum Gasteiger partial charge on any atom is 0.310 e. The summed E-state index contributed by atoms with van der Waals surface area (Å²) in [5.41, 5.74) is -0.703. The second kappa shape index (κ2) is 7.60. The maximum atomic E-state index is 10.8. The van der Waals surface area contributed by atoms with Crippen molar-refractivity contribution in [3.8, 4) is 0 Å². The molecule has 0 aliphatic carbocycles. The van der Waals surface area contributed by atoms with Crippen molar-refractivity contribution in [2.75, 3.05) is 46.9 Å². The first kappa shape index (κ1) is 15.3. The van der Waals surface area contributed by atoms with Gasteiger partial charge in [-0.05, 0) is 20.9 Å². The van der Waals surface area contributed by atoms with Gasteiger partial charge in [0.15, 0.2) is 0 Å². The second-order valence-corrected chi connectivity index (χ2v) is 4.66. The summed E-state index contributed by atoms with van der Waals surface area (Å²) in [6.07, 6.45) is 0. The zero-order valence-corrected chi connectivity index (χ0v) is 10.7. The predicted octanol–water partition coefficient (Wildman–Crippen LogP) is 0.265. The molecule has 5 heteroatoms. The van der Waals surface area contributed by atoms with Gasteiger partial charge in [-0.1, -0.05) is 0 Å². The Kier molecular flexibility index (Phi) is 7.29. The van der Waals surface area contributed by atoms with E-state index in [1.807, 2.05) is 7.05 Å². The number of aliphatic carboxylic acids is 1. The molecule has 0 fully saturated rings. The van der Waals surface area contributed by atoms with Crippen LogP contribution in [0.25, 0.3) is 0 Å². The van der Waals surface area contributed by atoms with E-state index in [-0.39, 0.29) is 0 Å². The molecule has 0 saturated heterocycles. The molecule has 0 bridgehead atoms. The Morgan fingerprint density at radius 3 is 2.56 bits per heavy atom. The summed E-state index contributed by atoms with van der Waals surface area (Å²) in [7, 11) is 3.70. The van der Waals surface area contributed by atoms with Crippen LogP contribution in [0, 0.1) is 5.41 Å². The Balaban J connectivity index is 3.56. The van der Waals surface area contributed by atoms with Crippen LogP contribution < -0.4 is 5.32 Å². The second-order valence-electron chi connectivity index (χ2n) is 4.66. The van der Waals surface area contributed by atoms with Crippen LogP contribution in [0.5, 0.6) is 0 Å². The van der Waals surface area contributed by atoms with Crippen LogP contribution in [0.4, 0.5) is 0 Å². The van der Waals surface area contributed by atoms with E-state index in [1.54, 1.807) is 21.0 Å². The van der Waals surface area contributed by atoms with E-state index in [9.17, 15) is 4.79 Å². The molecular formula is C11H24N2O3. The first-order valence-corrected chi connectivity index (χ1v) is 5.51. The number of carboxylic acids is 1. The van der Waals surface area contributed by atoms with Crippen LogP contribution >= 0.6 is 0 Å². The molecule has 0 amide bonds. The summed E-state index contributed by atoms with van der Waals surface area (Å²) in [6.45, 7) is 7.21. The van der Waals surface area contributed by atoms with Crippen molar-refractivity contribution in [1.29, 1.82) is 0 Å². The molecule has 0 rings (SSSR count). The van der Waals surface area contributed by atoms with Crippen molar-refractivity contribution in [3.05, 3.63) is 0 Å². The third kappa shape index (κ3) is 6.76. The third-order valence-corrected chi connectivity index (χ3v) is 2.49. The molecule has 0 atom stereocenters. The van der Waals surface area contributed by atoms with Gasteiger partial charge in [0.2, 0.25) is 0 Å². The number of nitrogens with one attached hydrogen (secondary N) is 1. The Bertz CT molecular complexity index is 207. The van der Waals surface area contributed by atoms with Gasteiger partial charge in [0.05, 0.1) is 12.0 Å². The molecule has 0 aliphatic heterocycles. The highest BCUT2D eigenvalue weighted by atomic mass is 16.5. The van der Waals surface area contributed by atoms with E-state index in [2.05, 4.69) is 10.2 Å². The smallest absolute Gasteiger partial charge is 0.310 e. The standard InChI is InChI=1S/C11H24N2O3/c1-11(2,10(14)15)9-12-5-6-13(3)7-8-16-4/h12H,5-9H2,1-4H3,(H,14,15). The van der Waals surface area contributed by atoms with Crippen LogP contribution in [0.2, 0.25) is 0 Å². The summed E-state index contributed by atoms with van der Waals surface area (Å²) in [5.74, 6) is -0.771. The van der Waals surface area contributed by atoms with Crippen LogP contribution in [-0.2, 0) is 9.53 Å². The first-order valence-electron chi connectivity index (χ1n) is 5.51. The number of hydrogen-bond acceptors (Lipinski definition) is 4. The number of nitrogens with zero attached hydrogens (tertiary/aromatic N) is 1. The third-order valence-electron chi connectivity index (χ3n) is 2.49. The minimum atomic E-state index is -0.771. The lowest BCUT2D eigenvalue weighted by Gasteiger charge is -2.21. The molecule has 0 spiro atoms. The van der Waals surface area contributed by atoms with Gasteiger partial charge in [0, 0.05) is 33.3 Å². The van der Waals surface area contributed by atoms with Crippen molar-refractivity contribution in [3.63, 3.8) is 0 Å². The lowest BCUT2D eigenvalue weighted by Crippen LogP contribution is -2.39. The SMILES string of the molecule is COCCN(C)CCNCC(C)(C)C(=O)O. The highest BCUT2D eigenvalue weighted by molar-refractivity contribution is 5.73. The summed E-state index contributed by atoms with van der Waals surface area (Å²) in [4.78, 5) is 13.0. The van der Waals surface area contributed by atoms with Gasteiger partial charge in [0.1, 0.15) is 0 Å². The normalized spacial score (nSPS) is 12.1. The average molecular weight is 232 g/mol. The van der Waals surface area contributed by atoms with E-state index < -0.39 is 11.4 Å². The van der Waals surface area contributed by atoms with Crippen LogP contribution in [0.15, 0.2) is 0 Å². The maximum absolute atomic E-state index is 10.8. The van der Waals surface area contributed by atoms with Gasteiger partial charge in [-0.15, -0.1) is 0 Å². The molecule has 0 unspecified atom stereocenters. The topological polar surface area (TPSA) is 61.8 Å². The van der Waals surface area contributed by atoms with Crippen molar-refractivity contribution in [2.24, 2.45) is 5.41 Å². The molecule has 0 aromatic rings. The lowest BCUT2D eigenvalue weighted by molar-refractivity contribution is -0.146. The highest BCUT2D eigenvalue weighted by Crippen LogP contribution is 2.12. The number of ether oxygens (including phenoxy) is 1. The van der Waals surface area contributed by atoms with Gasteiger partial charge in [-0.2, -0.15) is 0 Å². The Hall–Kier alpha value is -0.650. The number of carbonyl (C=O) groups is 1. The first-order chi connectivity index (χ1) is 7.40. The molecule has 2 N–H and O–H groups in total. The fraction of sp³-hybridized carbons (Fsp3) is 0.909. The molecule has 0 aliphatic rings. The molecule has 5 nitrogen and oxygen atoms in total. The van der Waals surface area contributed by atoms with Crippen LogP contribution in [0.3, 0.4) is 0 Å². The summed E-state index contributed by atoms with van der Waals surface area (Å²) in [5, 5.41) is 12.0. The lowest BCUT2D eigenvalue weighted by atomic mass is 9.94. The molecule has 0 heterocycles. The van der Waals surface area contributed by atoms with Crippen LogP contribution in [-0.4, -0.2) is 62.9 Å². The largest absolute Gasteiger partial charge is 0.481 e. The number of methoxy groups -OCH3 is 1. The Morgan fingerprint density at radius 2 is 2.06 bits per heavy atom. The summed E-state index contributed by atoms with van der Waals surface area (Å²) >= 11 is 0. The van der Waals surface area contributed by atoms with Gasteiger partial charge in [-0.25, -0.2) is 0 Å². The zero-order valence-electron chi connectivity index (χ0n) is 10.7. The monoisotopic (exact) mass is 232 g/mol. The van der Waals surface area contributed by atoms with Crippen molar-refractivity contribution in [1.82, 2.24) is 10.2 Å². The molecule has 0 aromatic heterocycles. The molecule has 0 aromatic carbocycles. The highest BCUT2D eigenvalue weighted by Gasteiger charge is 2.26. The number of hydrogen-bond donors (Lipinski definition) is 2. The van der Waals surface area contributed by atoms with E-state index in [1.165, 1.54) is 0 Å². The quantitative estimate of drug-likeness (QED) is 0.559.